The average Bonchev–Trinajstić information content (AvgIpc) is 2.60. The quantitative estimate of drug-likeness (QED) is 0.524. The van der Waals surface area contributed by atoms with Crippen molar-refractivity contribution in [2.45, 2.75) is 59.6 Å². The maximum absolute atomic E-state index is 12.5. The van der Waals surface area contributed by atoms with Gasteiger partial charge in [0.2, 0.25) is 0 Å². The second-order valence-corrected chi connectivity index (χ2v) is 8.53. The molecule has 2 rings (SSSR count). The molecule has 2 aromatic carbocycles. The third-order valence-electron chi connectivity index (χ3n) is 4.19. The molecule has 2 N–H and O–H groups in total. The van der Waals surface area contributed by atoms with Crippen LogP contribution in [0.25, 0.3) is 0 Å². The highest BCUT2D eigenvalue weighted by atomic mass is 16.6. The van der Waals surface area contributed by atoms with Crippen LogP contribution in [0.15, 0.2) is 53.7 Å². The summed E-state index contributed by atoms with van der Waals surface area (Å²) in [6.07, 6.45) is 0. The van der Waals surface area contributed by atoms with E-state index in [1.54, 1.807) is 0 Å². The Kier molecular flexibility index (Phi) is 6.49. The lowest BCUT2D eigenvalue weighted by Crippen LogP contribution is -2.43. The first-order chi connectivity index (χ1) is 13.0. The number of hydrogen-bond donors (Lipinski definition) is 2. The molecule has 0 radical (unpaired) electrons. The van der Waals surface area contributed by atoms with Gasteiger partial charge in [0.15, 0.2) is 0 Å². The summed E-state index contributed by atoms with van der Waals surface area (Å²) in [7, 11) is 0. The van der Waals surface area contributed by atoms with Gasteiger partial charge in [0.1, 0.15) is 5.60 Å². The number of amides is 2. The molecule has 0 aliphatic heterocycles. The van der Waals surface area contributed by atoms with E-state index in [4.69, 9.17) is 4.84 Å². The molecule has 150 valence electrons. The van der Waals surface area contributed by atoms with Crippen LogP contribution in [-0.4, -0.2) is 17.3 Å². The fraction of sp³-hybridized carbons (Fsp3) is 0.391. The zero-order valence-electron chi connectivity index (χ0n) is 17.9. The standard InChI is InChI=1S/C23H31N3O2/c1-16-11-13-20(14-12-16)24-21(27)25-23(6,7)19-10-8-9-18(15-19)17(2)26-28-22(3,4)5/h8-15H,1-7H3,(H2,24,25,27)/b26-17+. The number of carbonyl (C=O) groups excluding carboxylic acids is 1. The van der Waals surface area contributed by atoms with Crippen molar-refractivity contribution >= 4 is 17.4 Å². The van der Waals surface area contributed by atoms with Crippen molar-refractivity contribution in [2.24, 2.45) is 5.16 Å². The van der Waals surface area contributed by atoms with Crippen LogP contribution in [-0.2, 0) is 10.4 Å². The number of carbonyl (C=O) groups is 1. The number of urea groups is 1. The molecule has 5 nitrogen and oxygen atoms in total. The summed E-state index contributed by atoms with van der Waals surface area (Å²) in [5, 5.41) is 10.1. The maximum atomic E-state index is 12.5. The molecule has 0 spiro atoms. The third-order valence-corrected chi connectivity index (χ3v) is 4.19. The Morgan fingerprint density at radius 3 is 2.25 bits per heavy atom. The number of nitrogens with one attached hydrogen (secondary N) is 2. The molecule has 0 aliphatic rings. The van der Waals surface area contributed by atoms with Crippen LogP contribution in [0.2, 0.25) is 0 Å². The summed E-state index contributed by atoms with van der Waals surface area (Å²) in [6, 6.07) is 15.4. The van der Waals surface area contributed by atoms with E-state index in [0.717, 1.165) is 28.1 Å². The SMILES string of the molecule is C/C(=N\OC(C)(C)C)c1cccc(C(C)(C)NC(=O)Nc2ccc(C)cc2)c1. The number of hydrogen-bond acceptors (Lipinski definition) is 3. The first kappa shape index (κ1) is 21.5. The molecule has 0 aliphatic carbocycles. The van der Waals surface area contributed by atoms with Gasteiger partial charge in [-0.15, -0.1) is 0 Å². The molecule has 0 atom stereocenters. The second kappa shape index (κ2) is 8.46. The molecule has 0 unspecified atom stereocenters. The zero-order valence-corrected chi connectivity index (χ0v) is 17.9. The first-order valence-corrected chi connectivity index (χ1v) is 9.46. The molecule has 5 heteroatoms. The fourth-order valence-electron chi connectivity index (χ4n) is 2.55. The maximum Gasteiger partial charge on any atom is 0.319 e. The average molecular weight is 382 g/mol. The highest BCUT2D eigenvalue weighted by Gasteiger charge is 2.23. The van der Waals surface area contributed by atoms with Gasteiger partial charge in [0, 0.05) is 5.69 Å². The first-order valence-electron chi connectivity index (χ1n) is 9.46. The topological polar surface area (TPSA) is 62.7 Å². The number of nitrogens with zero attached hydrogens (tertiary/aromatic N) is 1. The summed E-state index contributed by atoms with van der Waals surface area (Å²) >= 11 is 0. The van der Waals surface area contributed by atoms with Gasteiger partial charge in [0.25, 0.3) is 0 Å². The van der Waals surface area contributed by atoms with Gasteiger partial charge >= 0.3 is 6.03 Å². The zero-order chi connectivity index (χ0) is 20.9. The van der Waals surface area contributed by atoms with Crippen molar-refractivity contribution < 1.29 is 9.63 Å². The van der Waals surface area contributed by atoms with Gasteiger partial charge in [-0.2, -0.15) is 0 Å². The van der Waals surface area contributed by atoms with E-state index < -0.39 is 5.54 Å². The normalized spacial score (nSPS) is 12.5. The van der Waals surface area contributed by atoms with E-state index in [1.165, 1.54) is 0 Å². The largest absolute Gasteiger partial charge is 0.390 e. The van der Waals surface area contributed by atoms with Crippen molar-refractivity contribution in [2.75, 3.05) is 5.32 Å². The van der Waals surface area contributed by atoms with Crippen molar-refractivity contribution in [3.63, 3.8) is 0 Å². The van der Waals surface area contributed by atoms with E-state index in [1.807, 2.05) is 97.0 Å². The Bertz CT molecular complexity index is 847. The van der Waals surface area contributed by atoms with Crippen molar-refractivity contribution in [3.05, 3.63) is 65.2 Å². The summed E-state index contributed by atoms with van der Waals surface area (Å²) < 4.78 is 0. The molecule has 0 saturated heterocycles. The summed E-state index contributed by atoms with van der Waals surface area (Å²) in [5.74, 6) is 0. The lowest BCUT2D eigenvalue weighted by molar-refractivity contribution is 0.000952. The minimum Gasteiger partial charge on any atom is -0.390 e. The van der Waals surface area contributed by atoms with E-state index >= 15 is 0 Å². The molecule has 0 heterocycles. The predicted octanol–water partition coefficient (Wildman–Crippen LogP) is 5.59. The Morgan fingerprint density at radius 1 is 1.00 bits per heavy atom. The molecule has 0 fully saturated rings. The van der Waals surface area contributed by atoms with E-state index in [9.17, 15) is 4.79 Å². The Hall–Kier alpha value is -2.82. The van der Waals surface area contributed by atoms with Crippen molar-refractivity contribution in [1.29, 1.82) is 0 Å². The van der Waals surface area contributed by atoms with Gasteiger partial charge in [0.05, 0.1) is 11.3 Å². The highest BCUT2D eigenvalue weighted by molar-refractivity contribution is 5.98. The lowest BCUT2D eigenvalue weighted by atomic mass is 9.92. The number of anilines is 1. The molecule has 28 heavy (non-hydrogen) atoms. The van der Waals surface area contributed by atoms with Crippen LogP contribution in [0.5, 0.6) is 0 Å². The number of benzene rings is 2. The predicted molar refractivity (Wildman–Crippen MR) is 116 cm³/mol. The second-order valence-electron chi connectivity index (χ2n) is 8.53. The summed E-state index contributed by atoms with van der Waals surface area (Å²) in [5.41, 5.74) is 3.73. The molecule has 2 aromatic rings. The van der Waals surface area contributed by atoms with Crippen LogP contribution in [0.1, 0.15) is 58.2 Å². The van der Waals surface area contributed by atoms with Crippen LogP contribution >= 0.6 is 0 Å². The fourth-order valence-corrected chi connectivity index (χ4v) is 2.55. The molecule has 0 aromatic heterocycles. The van der Waals surface area contributed by atoms with Gasteiger partial charge in [-0.3, -0.25) is 0 Å². The van der Waals surface area contributed by atoms with Crippen LogP contribution in [0.3, 0.4) is 0 Å². The number of aryl methyl sites for hydroxylation is 1. The molecular weight excluding hydrogens is 350 g/mol. The summed E-state index contributed by atoms with van der Waals surface area (Å²) in [6.45, 7) is 13.7. The van der Waals surface area contributed by atoms with E-state index in [0.29, 0.717) is 0 Å². The monoisotopic (exact) mass is 381 g/mol. The summed E-state index contributed by atoms with van der Waals surface area (Å²) in [4.78, 5) is 18.0. The third kappa shape index (κ3) is 6.41. The van der Waals surface area contributed by atoms with Crippen LogP contribution in [0, 0.1) is 6.92 Å². The van der Waals surface area contributed by atoms with Crippen molar-refractivity contribution in [1.82, 2.24) is 5.32 Å². The van der Waals surface area contributed by atoms with Crippen LogP contribution in [0.4, 0.5) is 10.5 Å². The minimum atomic E-state index is -0.560. The number of rotatable bonds is 5. The van der Waals surface area contributed by atoms with Gasteiger partial charge in [-0.1, -0.05) is 41.1 Å². The minimum absolute atomic E-state index is 0.249. The van der Waals surface area contributed by atoms with Gasteiger partial charge in [-0.25, -0.2) is 4.79 Å². The molecule has 0 bridgehead atoms. The number of oxime groups is 1. The Balaban J connectivity index is 2.12. The molecule has 0 saturated carbocycles. The molecule has 2 amide bonds. The Morgan fingerprint density at radius 2 is 1.64 bits per heavy atom. The Labute approximate surface area is 168 Å². The molecular formula is C23H31N3O2. The lowest BCUT2D eigenvalue weighted by Gasteiger charge is -2.27. The van der Waals surface area contributed by atoms with Crippen molar-refractivity contribution in [3.8, 4) is 0 Å². The van der Waals surface area contributed by atoms with E-state index in [2.05, 4.69) is 15.8 Å². The van der Waals surface area contributed by atoms with E-state index in [-0.39, 0.29) is 11.6 Å². The highest BCUT2D eigenvalue weighted by Crippen LogP contribution is 2.22. The van der Waals surface area contributed by atoms with Gasteiger partial charge < -0.3 is 15.5 Å². The van der Waals surface area contributed by atoms with Gasteiger partial charge in [-0.05, 0) is 77.8 Å². The van der Waals surface area contributed by atoms with Crippen LogP contribution < -0.4 is 10.6 Å². The smallest absolute Gasteiger partial charge is 0.319 e.